The number of nitrogens with zero attached hydrogens (tertiary/aromatic N) is 3. The van der Waals surface area contributed by atoms with Crippen molar-refractivity contribution in [2.45, 2.75) is 57.1 Å². The van der Waals surface area contributed by atoms with Crippen LogP contribution in [0.4, 0.5) is 5.69 Å². The number of aliphatic hydroxyl groups is 1. The Bertz CT molecular complexity index is 1180. The molecule has 1 N–H and O–H groups in total. The summed E-state index contributed by atoms with van der Waals surface area (Å²) in [6.45, 7) is 6.10. The Morgan fingerprint density at radius 3 is 2.53 bits per heavy atom. The van der Waals surface area contributed by atoms with Crippen LogP contribution in [0, 0.1) is 0 Å². The molecule has 3 aromatic rings. The summed E-state index contributed by atoms with van der Waals surface area (Å²) in [6.07, 6.45) is 13.9. The molecule has 5 heteroatoms. The lowest BCUT2D eigenvalue weighted by atomic mass is 9.83. The summed E-state index contributed by atoms with van der Waals surface area (Å²) in [6, 6.07) is 21.3. The van der Waals surface area contributed by atoms with Crippen molar-refractivity contribution in [3.05, 3.63) is 89.7 Å². The summed E-state index contributed by atoms with van der Waals surface area (Å²) >= 11 is 0. The van der Waals surface area contributed by atoms with Gasteiger partial charge in [-0.2, -0.15) is 0 Å². The fourth-order valence-electron chi connectivity index (χ4n) is 5.94. The summed E-state index contributed by atoms with van der Waals surface area (Å²) in [5.41, 5.74) is 5.04. The number of aliphatic hydroxyl groups excluding tert-OH is 1. The van der Waals surface area contributed by atoms with E-state index in [9.17, 15) is 5.11 Å². The fraction of sp³-hybridized carbons (Fsp3) is 0.424. The van der Waals surface area contributed by atoms with Crippen molar-refractivity contribution in [2.24, 2.45) is 0 Å². The van der Waals surface area contributed by atoms with Gasteiger partial charge in [-0.1, -0.05) is 67.8 Å². The minimum Gasteiger partial charge on any atom is -0.490 e. The number of pyridine rings is 1. The molecule has 0 spiro atoms. The van der Waals surface area contributed by atoms with Crippen molar-refractivity contribution < 1.29 is 9.84 Å². The first kappa shape index (κ1) is 26.5. The standard InChI is InChI=1S/C33H41N3O2/c1-26-23-36(32-13-7-6-12-31(32)28-9-3-2-4-10-28)22-21-35(26)24-30(37)25-38-33-14-8-5-11-29(33)16-15-27-17-19-34-20-18-27/h5-8,11-20,26,28,30,37H,2-4,9-10,21-25H2,1H3. The van der Waals surface area contributed by atoms with Crippen LogP contribution in [0.2, 0.25) is 0 Å². The first-order valence-electron chi connectivity index (χ1n) is 14.2. The van der Waals surface area contributed by atoms with Crippen LogP contribution in [-0.2, 0) is 0 Å². The van der Waals surface area contributed by atoms with Gasteiger partial charge in [-0.25, -0.2) is 0 Å². The highest BCUT2D eigenvalue weighted by Gasteiger charge is 2.28. The van der Waals surface area contributed by atoms with E-state index >= 15 is 0 Å². The molecule has 2 aromatic carbocycles. The largest absolute Gasteiger partial charge is 0.490 e. The molecule has 5 nitrogen and oxygen atoms in total. The van der Waals surface area contributed by atoms with E-state index in [0.717, 1.165) is 36.5 Å². The molecule has 200 valence electrons. The molecule has 1 aliphatic carbocycles. The summed E-state index contributed by atoms with van der Waals surface area (Å²) < 4.78 is 6.09. The second kappa shape index (κ2) is 13.1. The second-order valence-corrected chi connectivity index (χ2v) is 10.8. The average molecular weight is 512 g/mol. The lowest BCUT2D eigenvalue weighted by Crippen LogP contribution is -2.54. The van der Waals surface area contributed by atoms with Crippen molar-refractivity contribution in [3.63, 3.8) is 0 Å². The highest BCUT2D eigenvalue weighted by atomic mass is 16.5. The molecule has 2 heterocycles. The Morgan fingerprint density at radius 1 is 0.947 bits per heavy atom. The number of hydrogen-bond acceptors (Lipinski definition) is 5. The number of hydrogen-bond donors (Lipinski definition) is 1. The van der Waals surface area contributed by atoms with Gasteiger partial charge in [-0.05, 0) is 61.1 Å². The summed E-state index contributed by atoms with van der Waals surface area (Å²) in [5, 5.41) is 10.9. The number of piperazine rings is 1. The first-order valence-corrected chi connectivity index (χ1v) is 14.2. The second-order valence-electron chi connectivity index (χ2n) is 10.8. The zero-order valence-electron chi connectivity index (χ0n) is 22.6. The molecule has 1 aromatic heterocycles. The van der Waals surface area contributed by atoms with Gasteiger partial charge in [0.2, 0.25) is 0 Å². The van der Waals surface area contributed by atoms with Crippen molar-refractivity contribution in [3.8, 4) is 5.75 Å². The number of aromatic nitrogens is 1. The Balaban J connectivity index is 1.15. The van der Waals surface area contributed by atoms with Gasteiger partial charge in [-0.3, -0.25) is 9.88 Å². The SMILES string of the molecule is CC1CN(c2ccccc2C2CCCCC2)CCN1CC(O)COc1ccccc1C=Cc1ccncc1. The minimum absolute atomic E-state index is 0.275. The molecule has 1 aliphatic heterocycles. The van der Waals surface area contributed by atoms with Crippen LogP contribution in [0.1, 0.15) is 61.6 Å². The zero-order chi connectivity index (χ0) is 26.2. The van der Waals surface area contributed by atoms with Crippen LogP contribution in [0.5, 0.6) is 5.75 Å². The third-order valence-electron chi connectivity index (χ3n) is 8.04. The van der Waals surface area contributed by atoms with Gasteiger partial charge in [0, 0.05) is 55.9 Å². The lowest BCUT2D eigenvalue weighted by Gasteiger charge is -2.43. The molecule has 2 fully saturated rings. The van der Waals surface area contributed by atoms with E-state index in [4.69, 9.17) is 4.74 Å². The Kier molecular flexibility index (Phi) is 9.11. The molecule has 0 amide bonds. The maximum atomic E-state index is 10.9. The lowest BCUT2D eigenvalue weighted by molar-refractivity contribution is 0.0511. The molecule has 2 atom stereocenters. The molecular formula is C33H41N3O2. The van der Waals surface area contributed by atoms with Gasteiger partial charge in [0.25, 0.3) is 0 Å². The quantitative estimate of drug-likeness (QED) is 0.368. The minimum atomic E-state index is -0.546. The average Bonchev–Trinajstić information content (AvgIpc) is 2.97. The van der Waals surface area contributed by atoms with Crippen molar-refractivity contribution in [2.75, 3.05) is 37.7 Å². The van der Waals surface area contributed by atoms with Crippen LogP contribution < -0.4 is 9.64 Å². The van der Waals surface area contributed by atoms with E-state index < -0.39 is 6.10 Å². The van der Waals surface area contributed by atoms with Gasteiger partial charge in [0.05, 0.1) is 0 Å². The van der Waals surface area contributed by atoms with Crippen molar-refractivity contribution in [1.82, 2.24) is 9.88 Å². The van der Waals surface area contributed by atoms with Gasteiger partial charge in [-0.15, -0.1) is 0 Å². The summed E-state index contributed by atoms with van der Waals surface area (Å²) in [5.74, 6) is 1.49. The predicted octanol–water partition coefficient (Wildman–Crippen LogP) is 6.25. The van der Waals surface area contributed by atoms with Crippen LogP contribution in [0.3, 0.4) is 0 Å². The zero-order valence-corrected chi connectivity index (χ0v) is 22.6. The van der Waals surface area contributed by atoms with Crippen molar-refractivity contribution in [1.29, 1.82) is 0 Å². The van der Waals surface area contributed by atoms with E-state index in [0.29, 0.717) is 18.5 Å². The molecule has 0 bridgehead atoms. The monoisotopic (exact) mass is 511 g/mol. The summed E-state index contributed by atoms with van der Waals surface area (Å²) in [7, 11) is 0. The highest BCUT2D eigenvalue weighted by molar-refractivity contribution is 5.72. The molecule has 0 radical (unpaired) electrons. The van der Waals surface area contributed by atoms with E-state index in [-0.39, 0.29) is 6.61 Å². The topological polar surface area (TPSA) is 48.8 Å². The normalized spacial score (nSPS) is 20.1. The van der Waals surface area contributed by atoms with E-state index in [2.05, 4.69) is 46.0 Å². The fourth-order valence-corrected chi connectivity index (χ4v) is 5.94. The third kappa shape index (κ3) is 6.83. The smallest absolute Gasteiger partial charge is 0.126 e. The van der Waals surface area contributed by atoms with Gasteiger partial charge in [0.15, 0.2) is 0 Å². The van der Waals surface area contributed by atoms with E-state index in [1.807, 2.05) is 48.6 Å². The first-order chi connectivity index (χ1) is 18.7. The number of ether oxygens (including phenoxy) is 1. The highest BCUT2D eigenvalue weighted by Crippen LogP contribution is 2.38. The maximum Gasteiger partial charge on any atom is 0.126 e. The van der Waals surface area contributed by atoms with Crippen LogP contribution in [-0.4, -0.2) is 59.9 Å². The molecule has 1 saturated carbocycles. The molecule has 5 rings (SSSR count). The number of para-hydroxylation sites is 2. The predicted molar refractivity (Wildman–Crippen MR) is 157 cm³/mol. The molecule has 38 heavy (non-hydrogen) atoms. The number of rotatable bonds is 9. The maximum absolute atomic E-state index is 10.9. The molecule has 1 saturated heterocycles. The van der Waals surface area contributed by atoms with Gasteiger partial charge < -0.3 is 14.7 Å². The molecular weight excluding hydrogens is 470 g/mol. The van der Waals surface area contributed by atoms with Crippen molar-refractivity contribution >= 4 is 17.8 Å². The van der Waals surface area contributed by atoms with Crippen LogP contribution >= 0.6 is 0 Å². The Hall–Kier alpha value is -3.15. The van der Waals surface area contributed by atoms with Gasteiger partial charge >= 0.3 is 0 Å². The summed E-state index contributed by atoms with van der Waals surface area (Å²) in [4.78, 5) is 9.04. The molecule has 2 unspecified atom stereocenters. The third-order valence-corrected chi connectivity index (χ3v) is 8.04. The van der Waals surface area contributed by atoms with Crippen LogP contribution in [0.25, 0.3) is 12.2 Å². The Labute approximate surface area is 227 Å². The Morgan fingerprint density at radius 2 is 1.71 bits per heavy atom. The number of β-amino-alcohol motifs (C(OH)–C–C–N with tert-alkyl or cyclic N) is 1. The molecule has 2 aliphatic rings. The number of anilines is 1. The van der Waals surface area contributed by atoms with E-state index in [1.54, 1.807) is 12.4 Å². The number of benzene rings is 2. The van der Waals surface area contributed by atoms with Gasteiger partial charge in [0.1, 0.15) is 18.5 Å². The van der Waals surface area contributed by atoms with E-state index in [1.165, 1.54) is 43.4 Å². The van der Waals surface area contributed by atoms with Crippen LogP contribution in [0.15, 0.2) is 73.1 Å².